The molecule has 0 atom stereocenters. The lowest BCUT2D eigenvalue weighted by Crippen LogP contribution is -2.13. The van der Waals surface area contributed by atoms with E-state index in [2.05, 4.69) is 10.6 Å². The summed E-state index contributed by atoms with van der Waals surface area (Å²) in [5.41, 5.74) is 2.03. The van der Waals surface area contributed by atoms with Gasteiger partial charge in [0.1, 0.15) is 5.75 Å². The zero-order valence-corrected chi connectivity index (χ0v) is 16.1. The number of ether oxygens (including phenoxy) is 1. The van der Waals surface area contributed by atoms with Gasteiger partial charge >= 0.3 is 0 Å². The van der Waals surface area contributed by atoms with E-state index in [1.54, 1.807) is 24.3 Å². The summed E-state index contributed by atoms with van der Waals surface area (Å²) in [5, 5.41) is 6.41. The SMILES string of the molecule is CC(=O)Nc1ccc(NC(=O)CCCOc2ccc(Cl)cc2C)cc1Cl. The molecule has 2 amide bonds. The van der Waals surface area contributed by atoms with Crippen LogP contribution in [0.5, 0.6) is 5.75 Å². The van der Waals surface area contributed by atoms with Crippen molar-refractivity contribution in [2.45, 2.75) is 26.7 Å². The second kappa shape index (κ2) is 9.46. The van der Waals surface area contributed by atoms with E-state index in [-0.39, 0.29) is 11.8 Å². The largest absolute Gasteiger partial charge is 0.493 e. The normalized spacial score (nSPS) is 10.3. The number of carbonyl (C=O) groups is 2. The molecule has 2 N–H and O–H groups in total. The van der Waals surface area contributed by atoms with Gasteiger partial charge < -0.3 is 15.4 Å². The number of halogens is 2. The summed E-state index contributed by atoms with van der Waals surface area (Å²) in [6, 6.07) is 10.3. The topological polar surface area (TPSA) is 67.4 Å². The van der Waals surface area contributed by atoms with Crippen LogP contribution in [0.2, 0.25) is 10.0 Å². The average Bonchev–Trinajstić information content (AvgIpc) is 2.55. The fraction of sp³-hybridized carbons (Fsp3) is 0.263. The standard InChI is InChI=1S/C19H20Cl2N2O3/c1-12-10-14(20)5-8-18(12)26-9-3-4-19(25)23-15-6-7-17(16(21)11-15)22-13(2)24/h5-8,10-11H,3-4,9H2,1-2H3,(H,22,24)(H,23,25). The summed E-state index contributed by atoms with van der Waals surface area (Å²) in [7, 11) is 0. The van der Waals surface area contributed by atoms with E-state index in [1.807, 2.05) is 19.1 Å². The maximum absolute atomic E-state index is 12.0. The van der Waals surface area contributed by atoms with Gasteiger partial charge in [0.15, 0.2) is 0 Å². The Morgan fingerprint density at radius 3 is 2.50 bits per heavy atom. The second-order valence-corrected chi connectivity index (χ2v) is 6.63. The molecule has 0 heterocycles. The van der Waals surface area contributed by atoms with Crippen molar-refractivity contribution in [3.05, 3.63) is 52.0 Å². The number of hydrogen-bond donors (Lipinski definition) is 2. The van der Waals surface area contributed by atoms with Crippen LogP contribution < -0.4 is 15.4 Å². The van der Waals surface area contributed by atoms with Crippen molar-refractivity contribution >= 4 is 46.4 Å². The lowest BCUT2D eigenvalue weighted by atomic mass is 10.2. The molecule has 26 heavy (non-hydrogen) atoms. The zero-order valence-electron chi connectivity index (χ0n) is 14.6. The van der Waals surface area contributed by atoms with E-state index < -0.39 is 0 Å². The third kappa shape index (κ3) is 6.24. The predicted molar refractivity (Wildman–Crippen MR) is 105 cm³/mol. The Kier molecular flexibility index (Phi) is 7.30. The summed E-state index contributed by atoms with van der Waals surface area (Å²) >= 11 is 12.0. The molecular weight excluding hydrogens is 375 g/mol. The highest BCUT2D eigenvalue weighted by molar-refractivity contribution is 6.34. The monoisotopic (exact) mass is 394 g/mol. The van der Waals surface area contributed by atoms with E-state index in [9.17, 15) is 9.59 Å². The van der Waals surface area contributed by atoms with Crippen LogP contribution in [0.3, 0.4) is 0 Å². The van der Waals surface area contributed by atoms with Crippen LogP contribution in [-0.4, -0.2) is 18.4 Å². The van der Waals surface area contributed by atoms with Gasteiger partial charge in [0.25, 0.3) is 0 Å². The van der Waals surface area contributed by atoms with Gasteiger partial charge in [-0.25, -0.2) is 0 Å². The molecule has 0 bridgehead atoms. The second-order valence-electron chi connectivity index (χ2n) is 5.79. The number of amides is 2. The smallest absolute Gasteiger partial charge is 0.224 e. The Morgan fingerprint density at radius 1 is 1.08 bits per heavy atom. The van der Waals surface area contributed by atoms with Crippen molar-refractivity contribution in [3.63, 3.8) is 0 Å². The number of benzene rings is 2. The lowest BCUT2D eigenvalue weighted by molar-refractivity contribution is -0.116. The quantitative estimate of drug-likeness (QED) is 0.644. The van der Waals surface area contributed by atoms with E-state index >= 15 is 0 Å². The molecule has 5 nitrogen and oxygen atoms in total. The van der Waals surface area contributed by atoms with Crippen molar-refractivity contribution in [2.75, 3.05) is 17.2 Å². The van der Waals surface area contributed by atoms with Crippen molar-refractivity contribution in [1.29, 1.82) is 0 Å². The molecular formula is C19H20Cl2N2O3. The number of carbonyl (C=O) groups excluding carboxylic acids is 2. The molecule has 0 saturated carbocycles. The third-order valence-corrected chi connectivity index (χ3v) is 4.05. The number of nitrogens with one attached hydrogen (secondary N) is 2. The number of anilines is 2. The molecule has 2 aromatic rings. The van der Waals surface area contributed by atoms with Crippen LogP contribution in [0.1, 0.15) is 25.3 Å². The molecule has 0 spiro atoms. The average molecular weight is 395 g/mol. The van der Waals surface area contributed by atoms with Gasteiger partial charge in [-0.15, -0.1) is 0 Å². The third-order valence-electron chi connectivity index (χ3n) is 3.51. The van der Waals surface area contributed by atoms with E-state index in [0.717, 1.165) is 11.3 Å². The molecule has 2 aromatic carbocycles. The van der Waals surface area contributed by atoms with Crippen molar-refractivity contribution in [1.82, 2.24) is 0 Å². The Hall–Kier alpha value is -2.24. The Morgan fingerprint density at radius 2 is 1.85 bits per heavy atom. The fourth-order valence-corrected chi connectivity index (χ4v) is 2.75. The number of rotatable bonds is 7. The highest BCUT2D eigenvalue weighted by Crippen LogP contribution is 2.26. The molecule has 0 aromatic heterocycles. The van der Waals surface area contributed by atoms with Crippen molar-refractivity contribution in [3.8, 4) is 5.75 Å². The van der Waals surface area contributed by atoms with Crippen molar-refractivity contribution < 1.29 is 14.3 Å². The van der Waals surface area contributed by atoms with E-state index in [0.29, 0.717) is 40.9 Å². The Labute approximate surface area is 162 Å². The first-order chi connectivity index (χ1) is 12.3. The Balaban J connectivity index is 1.78. The zero-order chi connectivity index (χ0) is 19.1. The molecule has 0 radical (unpaired) electrons. The molecule has 0 aliphatic carbocycles. The maximum atomic E-state index is 12.0. The van der Waals surface area contributed by atoms with E-state index in [1.165, 1.54) is 6.92 Å². The predicted octanol–water partition coefficient (Wildman–Crippen LogP) is 5.06. The first-order valence-corrected chi connectivity index (χ1v) is 8.86. The van der Waals surface area contributed by atoms with Crippen molar-refractivity contribution in [2.24, 2.45) is 0 Å². The van der Waals surface area contributed by atoms with Crippen LogP contribution in [0.4, 0.5) is 11.4 Å². The molecule has 0 aliphatic heterocycles. The molecule has 0 fully saturated rings. The van der Waals surface area contributed by atoms with Gasteiger partial charge in [-0.2, -0.15) is 0 Å². The highest BCUT2D eigenvalue weighted by atomic mass is 35.5. The minimum absolute atomic E-state index is 0.134. The van der Waals surface area contributed by atoms with Crippen LogP contribution in [0.25, 0.3) is 0 Å². The summed E-state index contributed by atoms with van der Waals surface area (Å²) in [6.07, 6.45) is 0.892. The maximum Gasteiger partial charge on any atom is 0.224 e. The van der Waals surface area contributed by atoms with Gasteiger partial charge in [-0.3, -0.25) is 9.59 Å². The molecule has 2 rings (SSSR count). The number of aryl methyl sites for hydroxylation is 1. The minimum atomic E-state index is -0.209. The summed E-state index contributed by atoms with van der Waals surface area (Å²) in [5.74, 6) is 0.416. The first-order valence-electron chi connectivity index (χ1n) is 8.11. The highest BCUT2D eigenvalue weighted by Gasteiger charge is 2.07. The van der Waals surface area contributed by atoms with Gasteiger partial charge in [0.2, 0.25) is 11.8 Å². The van der Waals surface area contributed by atoms with Crippen LogP contribution >= 0.6 is 23.2 Å². The Bertz CT molecular complexity index is 809. The molecule has 0 saturated heterocycles. The number of hydrogen-bond acceptors (Lipinski definition) is 3. The van der Waals surface area contributed by atoms with Crippen LogP contribution in [-0.2, 0) is 9.59 Å². The summed E-state index contributed by atoms with van der Waals surface area (Å²) in [4.78, 5) is 23.1. The van der Waals surface area contributed by atoms with Crippen LogP contribution in [0.15, 0.2) is 36.4 Å². The molecule has 138 valence electrons. The van der Waals surface area contributed by atoms with Gasteiger partial charge in [-0.05, 0) is 55.3 Å². The van der Waals surface area contributed by atoms with Gasteiger partial charge in [-0.1, -0.05) is 23.2 Å². The summed E-state index contributed by atoms with van der Waals surface area (Å²) < 4.78 is 5.66. The molecule has 0 aliphatic rings. The van der Waals surface area contributed by atoms with Crippen LogP contribution in [0, 0.1) is 6.92 Å². The molecule has 7 heteroatoms. The minimum Gasteiger partial charge on any atom is -0.493 e. The molecule has 0 unspecified atom stereocenters. The first kappa shape index (κ1) is 20.1. The van der Waals surface area contributed by atoms with Gasteiger partial charge in [0.05, 0.1) is 17.3 Å². The lowest BCUT2D eigenvalue weighted by Gasteiger charge is -2.10. The fourth-order valence-electron chi connectivity index (χ4n) is 2.30. The van der Waals surface area contributed by atoms with E-state index in [4.69, 9.17) is 27.9 Å². The summed E-state index contributed by atoms with van der Waals surface area (Å²) in [6.45, 7) is 3.75. The van der Waals surface area contributed by atoms with Gasteiger partial charge in [0, 0.05) is 24.1 Å².